The maximum atomic E-state index is 5.77. The van der Waals surface area contributed by atoms with E-state index >= 15 is 0 Å². The monoisotopic (exact) mass is 244 g/mol. The minimum absolute atomic E-state index is 0.386. The lowest BCUT2D eigenvalue weighted by Gasteiger charge is -2.12. The molecule has 0 saturated carbocycles. The van der Waals surface area contributed by atoms with Crippen molar-refractivity contribution in [3.63, 3.8) is 0 Å². The lowest BCUT2D eigenvalue weighted by Crippen LogP contribution is -2.00. The molecule has 0 fully saturated rings. The molecule has 0 aliphatic heterocycles. The molecule has 0 amide bonds. The number of hydrogen-bond donors (Lipinski definition) is 0. The van der Waals surface area contributed by atoms with Gasteiger partial charge in [0.15, 0.2) is 0 Å². The van der Waals surface area contributed by atoms with E-state index in [0.29, 0.717) is 5.92 Å². The summed E-state index contributed by atoms with van der Waals surface area (Å²) in [7, 11) is 0. The number of fused-ring (bicyclic) bond motifs is 1. The fourth-order valence-electron chi connectivity index (χ4n) is 2.04. The molecule has 3 nitrogen and oxygen atoms in total. The highest BCUT2D eigenvalue weighted by atomic mass is 16.5. The lowest BCUT2D eigenvalue weighted by atomic mass is 10.0. The van der Waals surface area contributed by atoms with Crippen LogP contribution in [0, 0.1) is 6.92 Å². The summed E-state index contributed by atoms with van der Waals surface area (Å²) in [6, 6.07) is 4.16. The van der Waals surface area contributed by atoms with Crippen LogP contribution in [0.1, 0.15) is 44.4 Å². The SMILES string of the molecule is CCCOc1cc2c(C(C)C)ncnc2cc1C. The Morgan fingerprint density at radius 1 is 1.22 bits per heavy atom. The van der Waals surface area contributed by atoms with Crippen LogP contribution in [0.4, 0.5) is 0 Å². The molecule has 2 aromatic rings. The van der Waals surface area contributed by atoms with Crippen LogP contribution in [-0.4, -0.2) is 16.6 Å². The maximum absolute atomic E-state index is 5.77. The van der Waals surface area contributed by atoms with Crippen LogP contribution in [-0.2, 0) is 0 Å². The Bertz CT molecular complexity index is 549. The van der Waals surface area contributed by atoms with Crippen molar-refractivity contribution in [1.82, 2.24) is 9.97 Å². The zero-order chi connectivity index (χ0) is 13.1. The fraction of sp³-hybridized carbons (Fsp3) is 0.467. The number of ether oxygens (including phenoxy) is 1. The van der Waals surface area contributed by atoms with E-state index < -0.39 is 0 Å². The quantitative estimate of drug-likeness (QED) is 0.819. The zero-order valence-electron chi connectivity index (χ0n) is 11.5. The van der Waals surface area contributed by atoms with Gasteiger partial charge < -0.3 is 4.74 Å². The molecular formula is C15H20N2O. The van der Waals surface area contributed by atoms with E-state index in [2.05, 4.69) is 49.8 Å². The molecule has 0 aliphatic rings. The van der Waals surface area contributed by atoms with E-state index in [0.717, 1.165) is 40.9 Å². The molecule has 0 atom stereocenters. The van der Waals surface area contributed by atoms with Crippen molar-refractivity contribution in [2.75, 3.05) is 6.61 Å². The summed E-state index contributed by atoms with van der Waals surface area (Å²) in [5, 5.41) is 1.10. The second-order valence-corrected chi connectivity index (χ2v) is 4.90. The van der Waals surface area contributed by atoms with Crippen LogP contribution < -0.4 is 4.74 Å². The van der Waals surface area contributed by atoms with Crippen molar-refractivity contribution in [3.8, 4) is 5.75 Å². The van der Waals surface area contributed by atoms with E-state index in [1.165, 1.54) is 0 Å². The van der Waals surface area contributed by atoms with Crippen molar-refractivity contribution in [3.05, 3.63) is 29.7 Å². The van der Waals surface area contributed by atoms with Gasteiger partial charge in [-0.2, -0.15) is 0 Å². The summed E-state index contributed by atoms with van der Waals surface area (Å²) in [5.74, 6) is 1.33. The highest BCUT2D eigenvalue weighted by Crippen LogP contribution is 2.28. The molecule has 1 aromatic heterocycles. The molecule has 0 spiro atoms. The second-order valence-electron chi connectivity index (χ2n) is 4.90. The molecule has 0 bridgehead atoms. The predicted octanol–water partition coefficient (Wildman–Crippen LogP) is 3.85. The van der Waals surface area contributed by atoms with Gasteiger partial charge in [-0.1, -0.05) is 20.8 Å². The lowest BCUT2D eigenvalue weighted by molar-refractivity contribution is 0.316. The van der Waals surface area contributed by atoms with Gasteiger partial charge in [-0.15, -0.1) is 0 Å². The van der Waals surface area contributed by atoms with E-state index in [4.69, 9.17) is 4.74 Å². The smallest absolute Gasteiger partial charge is 0.123 e. The molecule has 18 heavy (non-hydrogen) atoms. The summed E-state index contributed by atoms with van der Waals surface area (Å²) in [4.78, 5) is 8.73. The maximum Gasteiger partial charge on any atom is 0.123 e. The first kappa shape index (κ1) is 12.8. The molecule has 0 saturated heterocycles. The van der Waals surface area contributed by atoms with Crippen LogP contribution in [0.2, 0.25) is 0 Å². The minimum atomic E-state index is 0.386. The second kappa shape index (κ2) is 5.34. The van der Waals surface area contributed by atoms with Gasteiger partial charge in [-0.3, -0.25) is 0 Å². The van der Waals surface area contributed by atoms with E-state index in [1.54, 1.807) is 6.33 Å². The Hall–Kier alpha value is -1.64. The van der Waals surface area contributed by atoms with Crippen LogP contribution in [0.5, 0.6) is 5.75 Å². The normalized spacial score (nSPS) is 11.2. The number of nitrogens with zero attached hydrogens (tertiary/aromatic N) is 2. The topological polar surface area (TPSA) is 35.0 Å². The highest BCUT2D eigenvalue weighted by Gasteiger charge is 2.10. The third kappa shape index (κ3) is 2.45. The van der Waals surface area contributed by atoms with Gasteiger partial charge in [0.2, 0.25) is 0 Å². The van der Waals surface area contributed by atoms with Gasteiger partial charge in [0, 0.05) is 5.39 Å². The summed E-state index contributed by atoms with van der Waals surface area (Å²) >= 11 is 0. The number of aryl methyl sites for hydroxylation is 1. The number of benzene rings is 1. The van der Waals surface area contributed by atoms with Gasteiger partial charge in [-0.05, 0) is 37.0 Å². The van der Waals surface area contributed by atoms with Crippen molar-refractivity contribution in [2.45, 2.75) is 40.0 Å². The van der Waals surface area contributed by atoms with Crippen molar-refractivity contribution in [2.24, 2.45) is 0 Å². The van der Waals surface area contributed by atoms with E-state index in [9.17, 15) is 0 Å². The molecule has 2 rings (SSSR count). The molecular weight excluding hydrogens is 224 g/mol. The molecule has 96 valence electrons. The van der Waals surface area contributed by atoms with Crippen LogP contribution in [0.25, 0.3) is 10.9 Å². The molecule has 0 radical (unpaired) electrons. The summed E-state index contributed by atoms with van der Waals surface area (Å²) in [6.07, 6.45) is 2.66. The fourth-order valence-corrected chi connectivity index (χ4v) is 2.04. The molecule has 0 N–H and O–H groups in total. The average molecular weight is 244 g/mol. The van der Waals surface area contributed by atoms with Gasteiger partial charge in [0.25, 0.3) is 0 Å². The van der Waals surface area contributed by atoms with E-state index in [-0.39, 0.29) is 0 Å². The van der Waals surface area contributed by atoms with Gasteiger partial charge >= 0.3 is 0 Å². The summed E-state index contributed by atoms with van der Waals surface area (Å²) in [5.41, 5.74) is 3.21. The van der Waals surface area contributed by atoms with Crippen molar-refractivity contribution in [1.29, 1.82) is 0 Å². The Morgan fingerprint density at radius 3 is 2.67 bits per heavy atom. The molecule has 1 aromatic carbocycles. The van der Waals surface area contributed by atoms with Gasteiger partial charge in [0.1, 0.15) is 12.1 Å². The summed E-state index contributed by atoms with van der Waals surface area (Å²) in [6.45, 7) is 9.21. The number of aromatic nitrogens is 2. The minimum Gasteiger partial charge on any atom is -0.493 e. The molecule has 3 heteroatoms. The Morgan fingerprint density at radius 2 is 2.00 bits per heavy atom. The molecule has 0 aliphatic carbocycles. The average Bonchev–Trinajstić information content (AvgIpc) is 2.35. The van der Waals surface area contributed by atoms with Crippen LogP contribution >= 0.6 is 0 Å². The first-order chi connectivity index (χ1) is 8.63. The largest absolute Gasteiger partial charge is 0.493 e. The molecule has 1 heterocycles. The highest BCUT2D eigenvalue weighted by molar-refractivity contribution is 5.83. The van der Waals surface area contributed by atoms with Crippen molar-refractivity contribution >= 4 is 10.9 Å². The third-order valence-electron chi connectivity index (χ3n) is 2.97. The third-order valence-corrected chi connectivity index (χ3v) is 2.97. The standard InChI is InChI=1S/C15H20N2O/c1-5-6-18-14-8-12-13(7-11(14)4)16-9-17-15(12)10(2)3/h7-10H,5-6H2,1-4H3. The van der Waals surface area contributed by atoms with Crippen LogP contribution in [0.3, 0.4) is 0 Å². The Kier molecular flexibility index (Phi) is 3.80. The van der Waals surface area contributed by atoms with E-state index in [1.807, 2.05) is 0 Å². The predicted molar refractivity (Wildman–Crippen MR) is 74.2 cm³/mol. The summed E-state index contributed by atoms with van der Waals surface area (Å²) < 4.78 is 5.77. The van der Waals surface area contributed by atoms with Gasteiger partial charge in [0.05, 0.1) is 17.8 Å². The van der Waals surface area contributed by atoms with Crippen LogP contribution in [0.15, 0.2) is 18.5 Å². The number of hydrogen-bond acceptors (Lipinski definition) is 3. The van der Waals surface area contributed by atoms with Gasteiger partial charge in [-0.25, -0.2) is 9.97 Å². The first-order valence-electron chi connectivity index (χ1n) is 6.51. The first-order valence-corrected chi connectivity index (χ1v) is 6.51. The molecule has 0 unspecified atom stereocenters. The Balaban J connectivity index is 2.55. The zero-order valence-corrected chi connectivity index (χ0v) is 11.5. The number of rotatable bonds is 4. The Labute approximate surface area is 108 Å². The van der Waals surface area contributed by atoms with Crippen molar-refractivity contribution < 1.29 is 4.74 Å².